The second-order valence-electron chi connectivity index (χ2n) is 5.11. The maximum atomic E-state index is 14.0. The lowest BCUT2D eigenvalue weighted by Crippen LogP contribution is -2.34. The van der Waals surface area contributed by atoms with Crippen molar-refractivity contribution in [2.45, 2.75) is 18.8 Å². The standard InChI is InChI=1S/C15H12F4N2O4/c16-13-8(2-1-3-11(13)21(24)25)7-20-14(15(17,18)19)10-5-4-9(22)6-12(10)23/h1-6,14,20,22-23H,7H2. The third-order valence-corrected chi connectivity index (χ3v) is 3.40. The van der Waals surface area contributed by atoms with Gasteiger partial charge in [-0.1, -0.05) is 12.1 Å². The van der Waals surface area contributed by atoms with Crippen molar-refractivity contribution < 1.29 is 32.7 Å². The molecule has 0 saturated heterocycles. The molecular formula is C15H12F4N2O4. The number of hydrogen-bond acceptors (Lipinski definition) is 5. The van der Waals surface area contributed by atoms with E-state index in [0.717, 1.165) is 36.4 Å². The number of nitro groups is 1. The summed E-state index contributed by atoms with van der Waals surface area (Å²) in [5, 5.41) is 31.5. The van der Waals surface area contributed by atoms with Crippen molar-refractivity contribution in [3.63, 3.8) is 0 Å². The summed E-state index contributed by atoms with van der Waals surface area (Å²) in [6.45, 7) is -0.669. The van der Waals surface area contributed by atoms with Gasteiger partial charge in [0.15, 0.2) is 0 Å². The average molecular weight is 360 g/mol. The summed E-state index contributed by atoms with van der Waals surface area (Å²) in [5.41, 5.74) is -1.76. The number of nitrogens with one attached hydrogen (secondary N) is 1. The summed E-state index contributed by atoms with van der Waals surface area (Å²) in [7, 11) is 0. The number of halogens is 4. The Morgan fingerprint density at radius 1 is 1.20 bits per heavy atom. The number of aromatic hydroxyl groups is 2. The third kappa shape index (κ3) is 4.15. The fourth-order valence-electron chi connectivity index (χ4n) is 2.23. The lowest BCUT2D eigenvalue weighted by molar-refractivity contribution is -0.387. The van der Waals surface area contributed by atoms with Crippen LogP contribution in [0.25, 0.3) is 0 Å². The second kappa shape index (κ2) is 6.93. The highest BCUT2D eigenvalue weighted by molar-refractivity contribution is 5.42. The van der Waals surface area contributed by atoms with Crippen LogP contribution in [0.3, 0.4) is 0 Å². The highest BCUT2D eigenvalue weighted by Gasteiger charge is 2.42. The third-order valence-electron chi connectivity index (χ3n) is 3.40. The van der Waals surface area contributed by atoms with Gasteiger partial charge in [-0.2, -0.15) is 17.6 Å². The zero-order valence-corrected chi connectivity index (χ0v) is 12.4. The van der Waals surface area contributed by atoms with E-state index in [9.17, 15) is 37.9 Å². The molecule has 0 heterocycles. The Labute approximate surface area is 138 Å². The molecule has 0 aliphatic rings. The highest BCUT2D eigenvalue weighted by atomic mass is 19.4. The van der Waals surface area contributed by atoms with E-state index in [2.05, 4.69) is 0 Å². The van der Waals surface area contributed by atoms with Crippen LogP contribution < -0.4 is 5.32 Å². The Morgan fingerprint density at radius 3 is 2.44 bits per heavy atom. The molecule has 0 saturated carbocycles. The van der Waals surface area contributed by atoms with E-state index in [1.165, 1.54) is 0 Å². The Hall–Kier alpha value is -2.88. The summed E-state index contributed by atoms with van der Waals surface area (Å²) < 4.78 is 53.7. The van der Waals surface area contributed by atoms with Crippen molar-refractivity contribution >= 4 is 5.69 Å². The molecule has 25 heavy (non-hydrogen) atoms. The number of phenolic OH excluding ortho intramolecular Hbond substituents is 2. The van der Waals surface area contributed by atoms with E-state index in [-0.39, 0.29) is 5.56 Å². The molecular weight excluding hydrogens is 348 g/mol. The van der Waals surface area contributed by atoms with E-state index < -0.39 is 52.3 Å². The molecule has 0 bridgehead atoms. The molecule has 0 aliphatic heterocycles. The smallest absolute Gasteiger partial charge is 0.408 e. The molecule has 3 N–H and O–H groups in total. The lowest BCUT2D eigenvalue weighted by Gasteiger charge is -2.23. The normalized spacial score (nSPS) is 12.8. The number of phenols is 2. The molecule has 1 atom stereocenters. The molecule has 1 unspecified atom stereocenters. The topological polar surface area (TPSA) is 95.6 Å². The first-order valence-corrected chi connectivity index (χ1v) is 6.85. The molecule has 2 aromatic rings. The molecule has 134 valence electrons. The van der Waals surface area contributed by atoms with E-state index in [4.69, 9.17) is 0 Å². The summed E-state index contributed by atoms with van der Waals surface area (Å²) in [6, 6.07) is 3.36. The molecule has 2 rings (SSSR count). The van der Waals surface area contributed by atoms with Crippen molar-refractivity contribution in [1.29, 1.82) is 0 Å². The minimum Gasteiger partial charge on any atom is -0.508 e. The fraction of sp³-hybridized carbons (Fsp3) is 0.200. The summed E-state index contributed by atoms with van der Waals surface area (Å²) >= 11 is 0. The van der Waals surface area contributed by atoms with Crippen LogP contribution in [0, 0.1) is 15.9 Å². The van der Waals surface area contributed by atoms with Gasteiger partial charge >= 0.3 is 11.9 Å². The molecule has 0 fully saturated rings. The summed E-state index contributed by atoms with van der Waals surface area (Å²) in [5.74, 6) is -2.46. The first-order chi connectivity index (χ1) is 11.6. The molecule has 6 nitrogen and oxygen atoms in total. The molecule has 0 aliphatic carbocycles. The van der Waals surface area contributed by atoms with Crippen LogP contribution in [0.5, 0.6) is 11.5 Å². The first kappa shape index (κ1) is 18.5. The van der Waals surface area contributed by atoms with E-state index >= 15 is 0 Å². The van der Waals surface area contributed by atoms with Crippen molar-refractivity contribution in [2.24, 2.45) is 0 Å². The number of alkyl halides is 3. The quantitative estimate of drug-likeness (QED) is 0.431. The van der Waals surface area contributed by atoms with Crippen LogP contribution >= 0.6 is 0 Å². The van der Waals surface area contributed by atoms with Gasteiger partial charge < -0.3 is 10.2 Å². The monoisotopic (exact) mass is 360 g/mol. The molecule has 2 aromatic carbocycles. The van der Waals surface area contributed by atoms with Gasteiger partial charge in [0.1, 0.15) is 17.5 Å². The van der Waals surface area contributed by atoms with Gasteiger partial charge in [-0.3, -0.25) is 15.4 Å². The van der Waals surface area contributed by atoms with Crippen molar-refractivity contribution in [3.05, 3.63) is 63.5 Å². The van der Waals surface area contributed by atoms with Crippen LogP contribution in [-0.4, -0.2) is 21.3 Å². The maximum absolute atomic E-state index is 14.0. The van der Waals surface area contributed by atoms with Gasteiger partial charge in [0.05, 0.1) is 4.92 Å². The van der Waals surface area contributed by atoms with E-state index in [1.54, 1.807) is 0 Å². The van der Waals surface area contributed by atoms with Crippen LogP contribution in [-0.2, 0) is 6.54 Å². The van der Waals surface area contributed by atoms with Crippen molar-refractivity contribution in [1.82, 2.24) is 5.32 Å². The Kier molecular flexibility index (Phi) is 5.12. The van der Waals surface area contributed by atoms with E-state index in [1.807, 2.05) is 5.32 Å². The summed E-state index contributed by atoms with van der Waals surface area (Å²) in [4.78, 5) is 9.70. The van der Waals surface area contributed by atoms with Crippen LogP contribution in [0.2, 0.25) is 0 Å². The van der Waals surface area contributed by atoms with Gasteiger partial charge in [-0.15, -0.1) is 0 Å². The van der Waals surface area contributed by atoms with Gasteiger partial charge in [0.25, 0.3) is 0 Å². The SMILES string of the molecule is O=[N+]([O-])c1cccc(CNC(c2ccc(O)cc2O)C(F)(F)F)c1F. The zero-order chi connectivity index (χ0) is 18.8. The number of rotatable bonds is 5. The molecule has 0 radical (unpaired) electrons. The summed E-state index contributed by atoms with van der Waals surface area (Å²) in [6.07, 6.45) is -4.84. The van der Waals surface area contributed by atoms with Crippen LogP contribution in [0.15, 0.2) is 36.4 Å². The predicted octanol–water partition coefficient (Wildman–Crippen LogP) is 3.54. The van der Waals surface area contributed by atoms with Crippen LogP contribution in [0.1, 0.15) is 17.2 Å². The largest absolute Gasteiger partial charge is 0.508 e. The van der Waals surface area contributed by atoms with Crippen molar-refractivity contribution in [3.8, 4) is 11.5 Å². The molecule has 10 heteroatoms. The van der Waals surface area contributed by atoms with E-state index in [0.29, 0.717) is 0 Å². The predicted molar refractivity (Wildman–Crippen MR) is 78.5 cm³/mol. The number of benzene rings is 2. The first-order valence-electron chi connectivity index (χ1n) is 6.85. The van der Waals surface area contributed by atoms with Gasteiger partial charge in [-0.05, 0) is 12.1 Å². The molecule has 0 spiro atoms. The fourth-order valence-corrected chi connectivity index (χ4v) is 2.23. The van der Waals surface area contributed by atoms with Gasteiger partial charge in [0, 0.05) is 29.8 Å². The van der Waals surface area contributed by atoms with Crippen LogP contribution in [0.4, 0.5) is 23.2 Å². The highest BCUT2D eigenvalue weighted by Crippen LogP contribution is 2.38. The Balaban J connectivity index is 2.31. The lowest BCUT2D eigenvalue weighted by atomic mass is 10.0. The number of nitro benzene ring substituents is 1. The number of nitrogens with zero attached hydrogens (tertiary/aromatic N) is 1. The second-order valence-corrected chi connectivity index (χ2v) is 5.11. The average Bonchev–Trinajstić information content (AvgIpc) is 2.49. The number of hydrogen-bond donors (Lipinski definition) is 3. The minimum absolute atomic E-state index is 0.332. The van der Waals surface area contributed by atoms with Gasteiger partial charge in [-0.25, -0.2) is 0 Å². The van der Waals surface area contributed by atoms with Gasteiger partial charge in [0.2, 0.25) is 5.82 Å². The minimum atomic E-state index is -4.84. The zero-order valence-electron chi connectivity index (χ0n) is 12.4. The Bertz CT molecular complexity index is 796. The maximum Gasteiger partial charge on any atom is 0.408 e. The Morgan fingerprint density at radius 2 is 1.88 bits per heavy atom. The molecule has 0 amide bonds. The van der Waals surface area contributed by atoms with Crippen molar-refractivity contribution in [2.75, 3.05) is 0 Å². The molecule has 0 aromatic heterocycles.